The molecule has 0 aliphatic rings. The van der Waals surface area contributed by atoms with E-state index in [4.69, 9.17) is 15.6 Å². The topological polar surface area (TPSA) is 98.3 Å². The van der Waals surface area contributed by atoms with Crippen molar-refractivity contribution in [2.45, 2.75) is 39.5 Å². The molecule has 4 aromatic rings. The molecule has 0 radical (unpaired) electrons. The van der Waals surface area contributed by atoms with Crippen molar-refractivity contribution in [3.05, 3.63) is 70.9 Å². The molecule has 0 aliphatic heterocycles. The van der Waals surface area contributed by atoms with Crippen LogP contribution in [0.4, 0.5) is 5.82 Å². The van der Waals surface area contributed by atoms with E-state index in [0.717, 1.165) is 51.5 Å². The summed E-state index contributed by atoms with van der Waals surface area (Å²) in [6, 6.07) is 14.4. The number of rotatable bonds is 8. The van der Waals surface area contributed by atoms with Gasteiger partial charge in [-0.2, -0.15) is 0 Å². The third kappa shape index (κ3) is 4.64. The summed E-state index contributed by atoms with van der Waals surface area (Å²) in [5, 5.41) is 10.9. The molecule has 0 spiro atoms. The molecular weight excluding hydrogens is 402 g/mol. The maximum Gasteiger partial charge on any atom is 0.303 e. The number of nitrogens with zero attached hydrogens (tertiary/aromatic N) is 2. The molecule has 0 fully saturated rings. The second kappa shape index (κ2) is 9.22. The molecule has 2 heterocycles. The van der Waals surface area contributed by atoms with E-state index in [0.29, 0.717) is 18.8 Å². The molecule has 32 heavy (non-hydrogen) atoms. The van der Waals surface area contributed by atoms with Gasteiger partial charge in [0.25, 0.3) is 0 Å². The fraction of sp³-hybridized carbons (Fsp3) is 0.269. The summed E-state index contributed by atoms with van der Waals surface area (Å²) in [7, 11) is 0. The lowest BCUT2D eigenvalue weighted by Crippen LogP contribution is -2.03. The second-order valence-electron chi connectivity index (χ2n) is 8.15. The predicted molar refractivity (Wildman–Crippen MR) is 127 cm³/mol. The Morgan fingerprint density at radius 2 is 1.88 bits per heavy atom. The highest BCUT2D eigenvalue weighted by molar-refractivity contribution is 6.09. The first kappa shape index (κ1) is 21.6. The van der Waals surface area contributed by atoms with Gasteiger partial charge in [0.15, 0.2) is 5.82 Å². The molecule has 0 unspecified atom stereocenters. The van der Waals surface area contributed by atoms with Crippen molar-refractivity contribution in [3.8, 4) is 5.75 Å². The smallest absolute Gasteiger partial charge is 0.303 e. The zero-order valence-corrected chi connectivity index (χ0v) is 18.4. The number of anilines is 1. The van der Waals surface area contributed by atoms with Gasteiger partial charge in [0.1, 0.15) is 11.3 Å². The maximum atomic E-state index is 10.6. The van der Waals surface area contributed by atoms with Crippen molar-refractivity contribution in [1.82, 2.24) is 9.97 Å². The van der Waals surface area contributed by atoms with Gasteiger partial charge in [-0.15, -0.1) is 0 Å². The molecule has 2 aromatic carbocycles. The van der Waals surface area contributed by atoms with E-state index >= 15 is 0 Å². The number of carboxylic acids is 1. The minimum Gasteiger partial charge on any atom is -0.494 e. The number of hydrogen-bond acceptors (Lipinski definition) is 5. The number of carboxylic acid groups (broad SMARTS) is 1. The molecule has 3 N–H and O–H groups in total. The van der Waals surface area contributed by atoms with Crippen molar-refractivity contribution in [1.29, 1.82) is 0 Å². The molecule has 0 saturated carbocycles. The summed E-state index contributed by atoms with van der Waals surface area (Å²) in [6.07, 6.45) is 4.14. The lowest BCUT2D eigenvalue weighted by Gasteiger charge is -2.13. The van der Waals surface area contributed by atoms with Gasteiger partial charge in [-0.05, 0) is 79.6 Å². The standard InChI is InChI=1S/C26H27N3O3/c1-16-5-10-21-22(14-16)29-26(27)25-24(21)19(11-12-28-25)7-6-18-8-9-20(15-17(18)2)32-13-3-4-23(30)31/h5,8-12,14-15H,3-4,6-7,13H2,1-2H3,(H2,27,29)(H,30,31). The second-order valence-corrected chi connectivity index (χ2v) is 8.15. The van der Waals surface area contributed by atoms with Gasteiger partial charge in [0, 0.05) is 23.4 Å². The van der Waals surface area contributed by atoms with E-state index in [9.17, 15) is 4.79 Å². The Labute approximate surface area is 187 Å². The largest absolute Gasteiger partial charge is 0.494 e. The van der Waals surface area contributed by atoms with Crippen molar-refractivity contribution in [3.63, 3.8) is 0 Å². The van der Waals surface area contributed by atoms with Crippen LogP contribution in [0.2, 0.25) is 0 Å². The maximum absolute atomic E-state index is 10.6. The number of aliphatic carboxylic acids is 1. The predicted octanol–water partition coefficient (Wildman–Crippen LogP) is 5.01. The average Bonchev–Trinajstić information content (AvgIpc) is 2.76. The van der Waals surface area contributed by atoms with Crippen molar-refractivity contribution < 1.29 is 14.6 Å². The Hall–Kier alpha value is -3.67. The number of carbonyl (C=O) groups is 1. The van der Waals surface area contributed by atoms with E-state index in [2.05, 4.69) is 47.2 Å². The van der Waals surface area contributed by atoms with Gasteiger partial charge in [-0.3, -0.25) is 9.78 Å². The van der Waals surface area contributed by atoms with Gasteiger partial charge in [-0.1, -0.05) is 18.2 Å². The molecule has 0 amide bonds. The van der Waals surface area contributed by atoms with Crippen LogP contribution in [0.5, 0.6) is 5.75 Å². The summed E-state index contributed by atoms with van der Waals surface area (Å²) in [6.45, 7) is 4.52. The van der Waals surface area contributed by atoms with E-state index in [1.807, 2.05) is 19.1 Å². The summed E-state index contributed by atoms with van der Waals surface area (Å²) in [5.74, 6) is 0.427. The molecule has 0 saturated heterocycles. The fourth-order valence-corrected chi connectivity index (χ4v) is 4.05. The number of nitrogen functional groups attached to an aromatic ring is 1. The molecule has 2 aromatic heterocycles. The Bertz CT molecular complexity index is 1300. The number of nitrogens with two attached hydrogens (primary N) is 1. The average molecular weight is 430 g/mol. The Morgan fingerprint density at radius 1 is 1.06 bits per heavy atom. The van der Waals surface area contributed by atoms with Gasteiger partial charge in [-0.25, -0.2) is 4.98 Å². The van der Waals surface area contributed by atoms with Crippen LogP contribution in [0.15, 0.2) is 48.7 Å². The third-order valence-electron chi connectivity index (χ3n) is 5.72. The van der Waals surface area contributed by atoms with E-state index in [1.165, 1.54) is 11.1 Å². The highest BCUT2D eigenvalue weighted by Gasteiger charge is 2.12. The Balaban J connectivity index is 1.56. The molecule has 6 heteroatoms. The van der Waals surface area contributed by atoms with Gasteiger partial charge >= 0.3 is 5.97 Å². The van der Waals surface area contributed by atoms with Gasteiger partial charge in [0.2, 0.25) is 0 Å². The molecule has 0 atom stereocenters. The van der Waals surface area contributed by atoms with Crippen LogP contribution in [0.1, 0.15) is 35.1 Å². The minimum absolute atomic E-state index is 0.116. The Morgan fingerprint density at radius 3 is 2.66 bits per heavy atom. The highest BCUT2D eigenvalue weighted by Crippen LogP contribution is 2.31. The van der Waals surface area contributed by atoms with Crippen LogP contribution in [0.3, 0.4) is 0 Å². The quantitative estimate of drug-likeness (QED) is 0.302. The third-order valence-corrected chi connectivity index (χ3v) is 5.72. The van der Waals surface area contributed by atoms with Gasteiger partial charge in [0.05, 0.1) is 12.1 Å². The molecule has 4 rings (SSSR count). The van der Waals surface area contributed by atoms with Crippen LogP contribution in [0, 0.1) is 13.8 Å². The van der Waals surface area contributed by atoms with Crippen LogP contribution in [-0.4, -0.2) is 27.7 Å². The normalized spacial score (nSPS) is 11.2. The monoisotopic (exact) mass is 429 g/mol. The minimum atomic E-state index is -0.802. The van der Waals surface area contributed by atoms with Crippen molar-refractivity contribution >= 4 is 33.6 Å². The highest BCUT2D eigenvalue weighted by atomic mass is 16.5. The molecule has 0 aliphatic carbocycles. The number of ether oxygens (including phenoxy) is 1. The van der Waals surface area contributed by atoms with E-state index in [1.54, 1.807) is 6.20 Å². The number of benzene rings is 2. The number of pyridine rings is 2. The van der Waals surface area contributed by atoms with E-state index < -0.39 is 5.97 Å². The lowest BCUT2D eigenvalue weighted by atomic mass is 9.96. The molecule has 0 bridgehead atoms. The SMILES string of the molecule is Cc1ccc2c(c1)nc(N)c1nccc(CCc3ccc(OCCCC(=O)O)cc3C)c12. The summed E-state index contributed by atoms with van der Waals surface area (Å²) < 4.78 is 5.69. The number of aryl methyl sites for hydroxylation is 4. The number of fused-ring (bicyclic) bond motifs is 3. The van der Waals surface area contributed by atoms with Gasteiger partial charge < -0.3 is 15.6 Å². The fourth-order valence-electron chi connectivity index (χ4n) is 4.05. The van der Waals surface area contributed by atoms with Crippen molar-refractivity contribution in [2.75, 3.05) is 12.3 Å². The summed E-state index contributed by atoms with van der Waals surface area (Å²) >= 11 is 0. The van der Waals surface area contributed by atoms with Crippen LogP contribution in [-0.2, 0) is 17.6 Å². The first-order chi connectivity index (χ1) is 15.4. The Kier molecular flexibility index (Phi) is 6.21. The molecule has 6 nitrogen and oxygen atoms in total. The number of hydrogen-bond donors (Lipinski definition) is 2. The van der Waals surface area contributed by atoms with Crippen LogP contribution < -0.4 is 10.5 Å². The molecular formula is C26H27N3O3. The first-order valence-corrected chi connectivity index (χ1v) is 10.8. The summed E-state index contributed by atoms with van der Waals surface area (Å²) in [5.41, 5.74) is 12.6. The van der Waals surface area contributed by atoms with Crippen molar-refractivity contribution in [2.24, 2.45) is 0 Å². The zero-order valence-electron chi connectivity index (χ0n) is 18.4. The summed E-state index contributed by atoms with van der Waals surface area (Å²) in [4.78, 5) is 19.7. The zero-order chi connectivity index (χ0) is 22.7. The first-order valence-electron chi connectivity index (χ1n) is 10.8. The number of aromatic nitrogens is 2. The van der Waals surface area contributed by atoms with Crippen LogP contribution in [0.25, 0.3) is 21.8 Å². The van der Waals surface area contributed by atoms with Crippen LogP contribution >= 0.6 is 0 Å². The van der Waals surface area contributed by atoms with E-state index in [-0.39, 0.29) is 6.42 Å². The molecule has 164 valence electrons. The lowest BCUT2D eigenvalue weighted by molar-refractivity contribution is -0.137.